The Labute approximate surface area is 261 Å². The van der Waals surface area contributed by atoms with Gasteiger partial charge < -0.3 is 9.30 Å². The van der Waals surface area contributed by atoms with Crippen molar-refractivity contribution in [1.29, 1.82) is 0 Å². The average molecular weight is 684 g/mol. The van der Waals surface area contributed by atoms with Gasteiger partial charge in [-0.1, -0.05) is 18.2 Å². The minimum atomic E-state index is -5.18. The van der Waals surface area contributed by atoms with Gasteiger partial charge in [0.1, 0.15) is 11.5 Å². The summed E-state index contributed by atoms with van der Waals surface area (Å²) in [7, 11) is -4.35. The van der Waals surface area contributed by atoms with Crippen molar-refractivity contribution in [2.45, 2.75) is 24.8 Å². The van der Waals surface area contributed by atoms with E-state index in [1.165, 1.54) is 41.2 Å². The predicted molar refractivity (Wildman–Crippen MR) is 150 cm³/mol. The number of nitrogens with zero attached hydrogens (tertiary/aromatic N) is 5. The molecule has 0 aliphatic carbocycles. The summed E-state index contributed by atoms with van der Waals surface area (Å²) in [5.41, 5.74) is -3.86. The number of ether oxygens (including phenoxy) is 1. The molecule has 3 aromatic rings. The zero-order valence-electron chi connectivity index (χ0n) is 23.5. The monoisotopic (exact) mass is 683 g/mol. The fourth-order valence-corrected chi connectivity index (χ4v) is 5.03. The van der Waals surface area contributed by atoms with Crippen LogP contribution < -0.4 is 0 Å². The molecule has 3 heterocycles. The molecule has 1 aromatic heterocycles. The number of pyridine rings is 1. The van der Waals surface area contributed by atoms with Crippen molar-refractivity contribution >= 4 is 16.1 Å². The molecule has 0 saturated carbocycles. The summed E-state index contributed by atoms with van der Waals surface area (Å²) in [6.45, 7) is -0.461. The first-order valence-corrected chi connectivity index (χ1v) is 15.0. The number of imidazole rings is 1. The largest absolute Gasteiger partial charge is 0.464 e. The van der Waals surface area contributed by atoms with E-state index in [1.807, 2.05) is 0 Å². The lowest BCUT2D eigenvalue weighted by Gasteiger charge is -2.20. The summed E-state index contributed by atoms with van der Waals surface area (Å²) >= 11 is 0. The molecule has 18 heteroatoms. The van der Waals surface area contributed by atoms with Crippen LogP contribution in [-0.2, 0) is 32.0 Å². The molecule has 1 atom stereocenters. The highest BCUT2D eigenvalue weighted by atomic mass is 32.2. The van der Waals surface area contributed by atoms with Crippen LogP contribution in [0.2, 0.25) is 0 Å². The number of fused-ring (bicyclic) bond motifs is 1. The van der Waals surface area contributed by atoms with Crippen LogP contribution in [0.5, 0.6) is 0 Å². The van der Waals surface area contributed by atoms with E-state index >= 15 is 0 Å². The molecular weight excluding hydrogens is 663 g/mol. The molecule has 5 rings (SSSR count). The number of hydrogen-bond donors (Lipinski definition) is 1. The van der Waals surface area contributed by atoms with Crippen LogP contribution in [0, 0.1) is 5.82 Å². The lowest BCUT2D eigenvalue weighted by atomic mass is 10.00. The normalized spacial score (nSPS) is 13.1. The van der Waals surface area contributed by atoms with E-state index in [0.29, 0.717) is 17.8 Å². The maximum absolute atomic E-state index is 14.3. The second kappa shape index (κ2) is 12.7. The van der Waals surface area contributed by atoms with Crippen molar-refractivity contribution in [2.75, 3.05) is 12.4 Å². The first-order chi connectivity index (χ1) is 22.0. The molecular formula is C29H20F7N5O5S. The lowest BCUT2D eigenvalue weighted by molar-refractivity contribution is -0.146. The zero-order valence-corrected chi connectivity index (χ0v) is 24.3. The second-order valence-electron chi connectivity index (χ2n) is 10.00. The third kappa shape index (κ3) is 7.71. The smallest absolute Gasteiger partial charge is 0.417 e. The third-order valence-electron chi connectivity index (χ3n) is 6.71. The number of carbonyl (C=O) groups excluding carboxylic acids is 1. The Morgan fingerprint density at radius 1 is 0.872 bits per heavy atom. The van der Waals surface area contributed by atoms with Gasteiger partial charge in [0.15, 0.2) is 11.9 Å². The standard InChI is InChI=1S/C29H20F7N5O5S/c30-20-5-2-1-4-18(20)26-37-22-10-11-41(15-24(22)38-26)25(27(42)46-12-3-13-47(43,44)45)23-9-8-21(39-40-23)17-7-6-16(28(31,32)33)14-19(17)29(34,35)36/h1-2,4-11,14-15,25H,3,12-13H2,(H,43,44,45). The lowest BCUT2D eigenvalue weighted by Crippen LogP contribution is -2.25. The topological polar surface area (TPSA) is 137 Å². The Bertz CT molecular complexity index is 2000. The highest BCUT2D eigenvalue weighted by Gasteiger charge is 2.39. The second-order valence-corrected chi connectivity index (χ2v) is 11.6. The van der Waals surface area contributed by atoms with Crippen molar-refractivity contribution in [3.63, 3.8) is 0 Å². The first-order valence-electron chi connectivity index (χ1n) is 13.4. The number of esters is 1. The van der Waals surface area contributed by atoms with Crippen LogP contribution in [-0.4, -0.2) is 56.0 Å². The van der Waals surface area contributed by atoms with Crippen molar-refractivity contribution in [1.82, 2.24) is 24.7 Å². The molecule has 47 heavy (non-hydrogen) atoms. The molecule has 0 bridgehead atoms. The Kier molecular flexibility index (Phi) is 9.00. The van der Waals surface area contributed by atoms with Gasteiger partial charge in [0, 0.05) is 18.0 Å². The van der Waals surface area contributed by atoms with Crippen LogP contribution in [0.4, 0.5) is 30.7 Å². The molecule has 0 spiro atoms. The van der Waals surface area contributed by atoms with E-state index in [2.05, 4.69) is 20.2 Å². The number of halogens is 7. The summed E-state index contributed by atoms with van der Waals surface area (Å²) in [4.78, 5) is 21.9. The van der Waals surface area contributed by atoms with E-state index < -0.39 is 75.0 Å². The highest BCUT2D eigenvalue weighted by Crippen LogP contribution is 2.40. The van der Waals surface area contributed by atoms with E-state index in [9.17, 15) is 43.9 Å². The molecule has 0 saturated heterocycles. The van der Waals surface area contributed by atoms with Crippen molar-refractivity contribution < 1.29 is 53.2 Å². The molecule has 1 N–H and O–H groups in total. The first kappa shape index (κ1) is 33.4. The Balaban J connectivity index is 1.53. The predicted octanol–water partition coefficient (Wildman–Crippen LogP) is 6.09. The summed E-state index contributed by atoms with van der Waals surface area (Å²) in [5, 5.41) is 7.63. The van der Waals surface area contributed by atoms with Gasteiger partial charge in [-0.3, -0.25) is 4.55 Å². The van der Waals surface area contributed by atoms with Crippen LogP contribution >= 0.6 is 0 Å². The van der Waals surface area contributed by atoms with Gasteiger partial charge in [-0.05, 0) is 48.9 Å². The highest BCUT2D eigenvalue weighted by molar-refractivity contribution is 7.85. The van der Waals surface area contributed by atoms with Crippen molar-refractivity contribution in [3.05, 3.63) is 95.7 Å². The Hall–Kier alpha value is -4.97. The zero-order chi connectivity index (χ0) is 34.1. The van der Waals surface area contributed by atoms with E-state index in [-0.39, 0.29) is 35.3 Å². The van der Waals surface area contributed by atoms with Gasteiger partial charge in [0.25, 0.3) is 10.1 Å². The van der Waals surface area contributed by atoms with E-state index in [0.717, 1.165) is 12.1 Å². The third-order valence-corrected chi connectivity index (χ3v) is 7.52. The summed E-state index contributed by atoms with van der Waals surface area (Å²) in [5.74, 6) is -2.28. The summed E-state index contributed by atoms with van der Waals surface area (Å²) < 4.78 is 132. The maximum atomic E-state index is 14.3. The maximum Gasteiger partial charge on any atom is 0.417 e. The van der Waals surface area contributed by atoms with Gasteiger partial charge in [-0.15, -0.1) is 0 Å². The van der Waals surface area contributed by atoms with E-state index in [4.69, 9.17) is 9.29 Å². The molecule has 10 nitrogen and oxygen atoms in total. The van der Waals surface area contributed by atoms with Gasteiger partial charge in [0.05, 0.1) is 46.1 Å². The molecule has 2 aromatic carbocycles. The number of aromatic nitrogens is 5. The number of benzene rings is 2. The van der Waals surface area contributed by atoms with Crippen molar-refractivity contribution in [2.24, 2.45) is 0 Å². The van der Waals surface area contributed by atoms with Crippen LogP contribution in [0.25, 0.3) is 34.0 Å². The molecule has 1 unspecified atom stereocenters. The molecule has 0 fully saturated rings. The summed E-state index contributed by atoms with van der Waals surface area (Å²) in [6.07, 6.45) is -7.80. The molecule has 0 radical (unpaired) electrons. The number of carbonyl (C=O) groups is 1. The van der Waals surface area contributed by atoms with Gasteiger partial charge in [0.2, 0.25) is 0 Å². The minimum Gasteiger partial charge on any atom is -0.464 e. The van der Waals surface area contributed by atoms with Gasteiger partial charge >= 0.3 is 18.3 Å². The summed E-state index contributed by atoms with van der Waals surface area (Å²) in [6, 6.07) is 8.86. The number of hydrogen-bond acceptors (Lipinski definition) is 8. The van der Waals surface area contributed by atoms with Crippen LogP contribution in [0.3, 0.4) is 0 Å². The fourth-order valence-electron chi connectivity index (χ4n) is 4.55. The van der Waals surface area contributed by atoms with Gasteiger partial charge in [-0.25, -0.2) is 19.2 Å². The number of alkyl halides is 6. The number of rotatable bonds is 9. The Morgan fingerprint density at radius 2 is 1.60 bits per heavy atom. The molecule has 246 valence electrons. The van der Waals surface area contributed by atoms with Gasteiger partial charge in [-0.2, -0.15) is 45.0 Å². The minimum absolute atomic E-state index is 0.0424. The average Bonchev–Trinajstić information content (AvgIpc) is 3.42. The molecule has 2 aliphatic heterocycles. The Morgan fingerprint density at radius 3 is 2.23 bits per heavy atom. The van der Waals surface area contributed by atoms with E-state index in [1.54, 1.807) is 6.07 Å². The van der Waals surface area contributed by atoms with Crippen LogP contribution in [0.15, 0.2) is 73.1 Å². The molecule has 2 aliphatic rings. The molecule has 0 amide bonds. The quantitative estimate of drug-likeness (QED) is 0.0847. The van der Waals surface area contributed by atoms with Crippen LogP contribution in [0.1, 0.15) is 29.3 Å². The van der Waals surface area contributed by atoms with Crippen molar-refractivity contribution in [3.8, 4) is 34.0 Å². The SMILES string of the molecule is O=C(OCCCS(=O)(=O)O)C(c1ccc(-c2ccc(C(F)(F)F)cc2C(F)(F)F)nn1)n1ccc2nc(-c3ccccc3F)nc-2c1. The fraction of sp³-hybridized carbons (Fsp3) is 0.207.